The van der Waals surface area contributed by atoms with Crippen molar-refractivity contribution in [1.82, 2.24) is 14.8 Å². The number of halogens is 3. The summed E-state index contributed by atoms with van der Waals surface area (Å²) >= 11 is 0. The largest absolute Gasteiger partial charge is 0.417 e. The van der Waals surface area contributed by atoms with Crippen LogP contribution in [-0.2, 0) is 20.6 Å². The van der Waals surface area contributed by atoms with Crippen LogP contribution < -0.4 is 4.90 Å². The zero-order valence-corrected chi connectivity index (χ0v) is 16.8. The maximum atomic E-state index is 12.8. The van der Waals surface area contributed by atoms with Crippen molar-refractivity contribution in [3.8, 4) is 0 Å². The van der Waals surface area contributed by atoms with Crippen LogP contribution in [0.5, 0.6) is 0 Å². The highest BCUT2D eigenvalue weighted by molar-refractivity contribution is 6.07. The molecule has 31 heavy (non-hydrogen) atoms. The number of likely N-dealkylation sites (tertiary alicyclic amines) is 1. The number of allylic oxidation sites excluding steroid dienone is 2. The second kappa shape index (κ2) is 8.32. The molecule has 1 aliphatic carbocycles. The molecule has 3 heterocycles. The molecule has 0 spiro atoms. The molecule has 0 radical (unpaired) electrons. The summed E-state index contributed by atoms with van der Waals surface area (Å²) in [7, 11) is 0. The van der Waals surface area contributed by atoms with E-state index in [1.165, 1.54) is 6.07 Å². The van der Waals surface area contributed by atoms with Gasteiger partial charge in [0.05, 0.1) is 17.4 Å². The third-order valence-corrected chi connectivity index (χ3v) is 6.14. The van der Waals surface area contributed by atoms with E-state index in [-0.39, 0.29) is 36.1 Å². The fourth-order valence-electron chi connectivity index (χ4n) is 4.40. The Hall–Kier alpha value is -2.91. The predicted molar refractivity (Wildman–Crippen MR) is 105 cm³/mol. The number of rotatable bonds is 3. The van der Waals surface area contributed by atoms with Crippen molar-refractivity contribution in [2.24, 2.45) is 11.8 Å². The van der Waals surface area contributed by atoms with E-state index in [0.717, 1.165) is 17.2 Å². The number of imide groups is 1. The molecule has 3 amide bonds. The minimum atomic E-state index is -4.44. The minimum Gasteiger partial charge on any atom is -0.355 e. The number of nitrogens with zero attached hydrogens (tertiary/aromatic N) is 4. The fraction of sp³-hybridized carbons (Fsp3) is 0.524. The highest BCUT2D eigenvalue weighted by Crippen LogP contribution is 2.35. The smallest absolute Gasteiger partial charge is 0.355 e. The van der Waals surface area contributed by atoms with Crippen LogP contribution in [0.2, 0.25) is 0 Å². The van der Waals surface area contributed by atoms with Crippen molar-refractivity contribution < 1.29 is 27.6 Å². The first kappa shape index (κ1) is 21.3. The van der Waals surface area contributed by atoms with Gasteiger partial charge in [-0.2, -0.15) is 13.2 Å². The summed E-state index contributed by atoms with van der Waals surface area (Å²) in [6.07, 6.45) is 1.82. The Morgan fingerprint density at radius 2 is 1.68 bits per heavy atom. The third-order valence-electron chi connectivity index (χ3n) is 6.14. The summed E-state index contributed by atoms with van der Waals surface area (Å²) in [4.78, 5) is 46.4. The highest BCUT2D eigenvalue weighted by Gasteiger charge is 2.48. The number of pyridine rings is 1. The lowest BCUT2D eigenvalue weighted by molar-refractivity contribution is -0.146. The van der Waals surface area contributed by atoms with Crippen LogP contribution in [0, 0.1) is 11.8 Å². The quantitative estimate of drug-likeness (QED) is 0.536. The van der Waals surface area contributed by atoms with Crippen molar-refractivity contribution >= 4 is 23.5 Å². The van der Waals surface area contributed by atoms with Gasteiger partial charge in [-0.05, 0) is 31.4 Å². The van der Waals surface area contributed by atoms with E-state index < -0.39 is 11.7 Å². The number of hydrogen-bond acceptors (Lipinski definition) is 5. The lowest BCUT2D eigenvalue weighted by Crippen LogP contribution is -2.44. The van der Waals surface area contributed by atoms with Crippen LogP contribution in [0.25, 0.3) is 0 Å². The van der Waals surface area contributed by atoms with Gasteiger partial charge in [-0.1, -0.05) is 12.2 Å². The average molecular weight is 436 g/mol. The van der Waals surface area contributed by atoms with Crippen molar-refractivity contribution in [3.63, 3.8) is 0 Å². The summed E-state index contributed by atoms with van der Waals surface area (Å²) < 4.78 is 38.2. The fourth-order valence-corrected chi connectivity index (χ4v) is 4.40. The van der Waals surface area contributed by atoms with Crippen LogP contribution in [0.3, 0.4) is 0 Å². The molecule has 7 nitrogen and oxygen atoms in total. The van der Waals surface area contributed by atoms with Crippen molar-refractivity contribution in [1.29, 1.82) is 0 Å². The van der Waals surface area contributed by atoms with Crippen LogP contribution in [0.15, 0.2) is 30.5 Å². The Kier molecular flexibility index (Phi) is 5.72. The molecule has 1 aromatic rings. The Labute approximate surface area is 177 Å². The standard InChI is InChI=1S/C21H23F3N4O3/c22-21(23,24)14-6-7-17(25-12-14)26-8-3-9-27(11-10-26)18(29)13-28-19(30)15-4-1-2-5-16(15)20(28)31/h1-2,6-7,12,15-16H,3-5,8-11,13H2. The van der Waals surface area contributed by atoms with E-state index in [9.17, 15) is 27.6 Å². The van der Waals surface area contributed by atoms with Crippen molar-refractivity contribution in [2.45, 2.75) is 25.4 Å². The van der Waals surface area contributed by atoms with E-state index in [4.69, 9.17) is 0 Å². The molecule has 3 aliphatic rings. The van der Waals surface area contributed by atoms with Gasteiger partial charge < -0.3 is 9.80 Å². The Morgan fingerprint density at radius 3 is 2.26 bits per heavy atom. The molecule has 2 atom stereocenters. The molecular weight excluding hydrogens is 413 g/mol. The van der Waals surface area contributed by atoms with E-state index in [0.29, 0.717) is 51.3 Å². The topological polar surface area (TPSA) is 73.8 Å². The number of carbonyl (C=O) groups excluding carboxylic acids is 3. The lowest BCUT2D eigenvalue weighted by Gasteiger charge is -2.24. The van der Waals surface area contributed by atoms with Crippen LogP contribution in [0.1, 0.15) is 24.8 Å². The molecule has 0 saturated carbocycles. The molecule has 166 valence electrons. The molecular formula is C21H23F3N4O3. The Bertz CT molecular complexity index is 874. The van der Waals surface area contributed by atoms with Gasteiger partial charge in [0.25, 0.3) is 0 Å². The number of fused-ring (bicyclic) bond motifs is 1. The second-order valence-electron chi connectivity index (χ2n) is 8.04. The van der Waals surface area contributed by atoms with Gasteiger partial charge in [0.2, 0.25) is 17.7 Å². The van der Waals surface area contributed by atoms with Crippen molar-refractivity contribution in [3.05, 3.63) is 36.0 Å². The number of amides is 3. The van der Waals surface area contributed by atoms with Crippen LogP contribution >= 0.6 is 0 Å². The first-order valence-corrected chi connectivity index (χ1v) is 10.3. The molecule has 2 unspecified atom stereocenters. The average Bonchev–Trinajstić information content (AvgIpc) is 2.93. The molecule has 0 aromatic carbocycles. The van der Waals surface area contributed by atoms with Gasteiger partial charge in [0.1, 0.15) is 12.4 Å². The molecule has 2 saturated heterocycles. The predicted octanol–water partition coefficient (Wildman–Crippen LogP) is 2.09. The summed E-state index contributed by atoms with van der Waals surface area (Å²) in [5.74, 6) is -1.16. The van der Waals surface area contributed by atoms with E-state index >= 15 is 0 Å². The monoisotopic (exact) mass is 436 g/mol. The zero-order chi connectivity index (χ0) is 22.2. The third kappa shape index (κ3) is 4.28. The van der Waals surface area contributed by atoms with E-state index in [1.807, 2.05) is 17.1 Å². The maximum Gasteiger partial charge on any atom is 0.417 e. The normalized spacial score (nSPS) is 24.4. The number of hydrogen-bond donors (Lipinski definition) is 0. The minimum absolute atomic E-state index is 0.261. The van der Waals surface area contributed by atoms with E-state index in [2.05, 4.69) is 4.98 Å². The molecule has 0 bridgehead atoms. The van der Waals surface area contributed by atoms with Gasteiger partial charge in [-0.15, -0.1) is 0 Å². The van der Waals surface area contributed by atoms with Crippen LogP contribution in [0.4, 0.5) is 19.0 Å². The Morgan fingerprint density at radius 1 is 1.00 bits per heavy atom. The van der Waals surface area contributed by atoms with Gasteiger partial charge >= 0.3 is 6.18 Å². The molecule has 10 heteroatoms. The molecule has 1 aromatic heterocycles. The molecule has 2 aliphatic heterocycles. The SMILES string of the molecule is O=C(CN1C(=O)C2CC=CCC2C1=O)N1CCCN(c2ccc(C(F)(F)F)cn2)CC1. The van der Waals surface area contributed by atoms with Crippen molar-refractivity contribution in [2.75, 3.05) is 37.6 Å². The number of alkyl halides is 3. The molecule has 4 rings (SSSR count). The number of carbonyl (C=O) groups is 3. The molecule has 0 N–H and O–H groups in total. The summed E-state index contributed by atoms with van der Waals surface area (Å²) in [6, 6.07) is 2.33. The summed E-state index contributed by atoms with van der Waals surface area (Å²) in [5.41, 5.74) is -0.807. The van der Waals surface area contributed by atoms with Gasteiger partial charge in [0.15, 0.2) is 0 Å². The Balaban J connectivity index is 1.36. The molecule has 2 fully saturated rings. The first-order valence-electron chi connectivity index (χ1n) is 10.3. The first-order chi connectivity index (χ1) is 14.8. The second-order valence-corrected chi connectivity index (χ2v) is 8.04. The van der Waals surface area contributed by atoms with Gasteiger partial charge in [-0.25, -0.2) is 4.98 Å². The summed E-state index contributed by atoms with van der Waals surface area (Å²) in [5, 5.41) is 0. The zero-order valence-electron chi connectivity index (χ0n) is 16.8. The van der Waals surface area contributed by atoms with E-state index in [1.54, 1.807) is 4.90 Å². The maximum absolute atomic E-state index is 12.8. The number of anilines is 1. The van der Waals surface area contributed by atoms with Crippen LogP contribution in [-0.4, -0.2) is 65.2 Å². The highest BCUT2D eigenvalue weighted by atomic mass is 19.4. The van der Waals surface area contributed by atoms with Gasteiger partial charge in [-0.3, -0.25) is 19.3 Å². The van der Waals surface area contributed by atoms with Gasteiger partial charge in [0, 0.05) is 32.4 Å². The number of aromatic nitrogens is 1. The lowest BCUT2D eigenvalue weighted by atomic mass is 9.85. The summed E-state index contributed by atoms with van der Waals surface area (Å²) in [6.45, 7) is 1.47.